The number of aromatic amines is 1. The molecule has 0 spiro atoms. The Morgan fingerprint density at radius 2 is 2.13 bits per heavy atom. The number of pyridine rings is 1. The number of amides is 1. The molecule has 6 rings (SSSR count). The highest BCUT2D eigenvalue weighted by atomic mass is 32.2. The summed E-state index contributed by atoms with van der Waals surface area (Å²) in [5.74, 6) is 1.77. The van der Waals surface area contributed by atoms with Gasteiger partial charge >= 0.3 is 0 Å². The van der Waals surface area contributed by atoms with E-state index in [1.54, 1.807) is 24.2 Å². The second-order valence-corrected chi connectivity index (χ2v) is 8.91. The fraction of sp³-hybridized carbons (Fsp3) is 0.333. The first kappa shape index (κ1) is 18.8. The number of anilines is 1. The molecule has 0 bridgehead atoms. The van der Waals surface area contributed by atoms with Crippen molar-refractivity contribution in [2.45, 2.75) is 16.2 Å². The molecule has 158 valence electrons. The van der Waals surface area contributed by atoms with Crippen LogP contribution in [0.2, 0.25) is 0 Å². The number of carbonyl (C=O) groups is 1. The Labute approximate surface area is 182 Å². The number of thioether (sulfide) groups is 1. The Hall–Kier alpha value is -2.95. The maximum Gasteiger partial charge on any atom is 0.254 e. The molecule has 0 aliphatic carbocycles. The number of carbonyl (C=O) groups excluding carboxylic acids is 1. The van der Waals surface area contributed by atoms with Crippen molar-refractivity contribution in [3.05, 3.63) is 47.8 Å². The third kappa shape index (κ3) is 3.36. The summed E-state index contributed by atoms with van der Waals surface area (Å²) in [6.07, 6.45) is 3.55. The predicted molar refractivity (Wildman–Crippen MR) is 118 cm³/mol. The molecule has 10 heteroatoms. The van der Waals surface area contributed by atoms with Crippen LogP contribution in [0.15, 0.2) is 46.5 Å². The summed E-state index contributed by atoms with van der Waals surface area (Å²) in [5, 5.41) is 15.0. The van der Waals surface area contributed by atoms with E-state index in [0.29, 0.717) is 33.0 Å². The number of aliphatic imine (C=N–C) groups is 1. The minimum Gasteiger partial charge on any atom is -0.378 e. The van der Waals surface area contributed by atoms with E-state index in [0.717, 1.165) is 33.0 Å². The molecular formula is C21H21N7O2S. The van der Waals surface area contributed by atoms with Gasteiger partial charge in [-0.05, 0) is 23.8 Å². The smallest absolute Gasteiger partial charge is 0.254 e. The van der Waals surface area contributed by atoms with Gasteiger partial charge < -0.3 is 15.0 Å². The molecule has 5 heterocycles. The van der Waals surface area contributed by atoms with Crippen LogP contribution in [0.4, 0.5) is 5.82 Å². The second kappa shape index (κ2) is 7.63. The lowest BCUT2D eigenvalue weighted by atomic mass is 9.95. The predicted octanol–water partition coefficient (Wildman–Crippen LogP) is 2.02. The van der Waals surface area contributed by atoms with E-state index in [9.17, 15) is 4.79 Å². The minimum atomic E-state index is 0.0687. The van der Waals surface area contributed by atoms with Gasteiger partial charge in [0.05, 0.1) is 49.1 Å². The summed E-state index contributed by atoms with van der Waals surface area (Å²) >= 11 is 1.75. The summed E-state index contributed by atoms with van der Waals surface area (Å²) in [5.41, 5.74) is 2.80. The largest absolute Gasteiger partial charge is 0.378 e. The van der Waals surface area contributed by atoms with Gasteiger partial charge in [-0.1, -0.05) is 6.07 Å². The van der Waals surface area contributed by atoms with Crippen molar-refractivity contribution in [1.82, 2.24) is 25.4 Å². The summed E-state index contributed by atoms with van der Waals surface area (Å²) in [4.78, 5) is 25.1. The van der Waals surface area contributed by atoms with Crippen LogP contribution in [-0.4, -0.2) is 70.2 Å². The first-order valence-electron chi connectivity index (χ1n) is 10.3. The summed E-state index contributed by atoms with van der Waals surface area (Å²) in [6.45, 7) is 3.03. The van der Waals surface area contributed by atoms with Crippen LogP contribution >= 0.6 is 11.8 Å². The molecule has 1 amide bonds. The number of H-pyrrole nitrogens is 1. The van der Waals surface area contributed by atoms with Crippen LogP contribution in [-0.2, 0) is 4.74 Å². The highest BCUT2D eigenvalue weighted by molar-refractivity contribution is 8.00. The fourth-order valence-corrected chi connectivity index (χ4v) is 5.64. The van der Waals surface area contributed by atoms with Gasteiger partial charge in [-0.25, -0.2) is 4.98 Å². The maximum atomic E-state index is 12.9. The zero-order valence-corrected chi connectivity index (χ0v) is 17.5. The lowest BCUT2D eigenvalue weighted by Crippen LogP contribution is -2.41. The summed E-state index contributed by atoms with van der Waals surface area (Å²) in [6, 6.07) is 7.98. The van der Waals surface area contributed by atoms with Gasteiger partial charge in [0.25, 0.3) is 5.91 Å². The van der Waals surface area contributed by atoms with Gasteiger partial charge in [0.2, 0.25) is 0 Å². The molecule has 0 radical (unpaired) electrons. The Bertz CT molecular complexity index is 1190. The zero-order valence-electron chi connectivity index (χ0n) is 16.7. The van der Waals surface area contributed by atoms with Crippen LogP contribution in [0.25, 0.3) is 10.9 Å². The molecule has 3 aliphatic rings. The van der Waals surface area contributed by atoms with Crippen LogP contribution in [0.3, 0.4) is 0 Å². The Kier molecular flexibility index (Phi) is 4.62. The van der Waals surface area contributed by atoms with Crippen molar-refractivity contribution < 1.29 is 9.53 Å². The van der Waals surface area contributed by atoms with E-state index in [2.05, 4.69) is 31.9 Å². The van der Waals surface area contributed by atoms with Crippen LogP contribution in [0, 0.1) is 0 Å². The number of ether oxygens (including phenoxy) is 1. The molecule has 1 fully saturated rings. The monoisotopic (exact) mass is 435 g/mol. The molecule has 2 atom stereocenters. The van der Waals surface area contributed by atoms with Crippen molar-refractivity contribution in [3.63, 3.8) is 0 Å². The topological polar surface area (TPSA) is 108 Å². The van der Waals surface area contributed by atoms with E-state index in [-0.39, 0.29) is 17.2 Å². The molecule has 9 nitrogen and oxygen atoms in total. The van der Waals surface area contributed by atoms with Crippen molar-refractivity contribution in [1.29, 1.82) is 0 Å². The Morgan fingerprint density at radius 1 is 1.23 bits per heavy atom. The standard InChI is InChI=1S/C21H21N7O2S/c29-21(28-3-5-30-6-4-28)12-1-2-14-16(7-12)31-20-18(14)19(23-11-24-20)26-17-8-13-9-25-27-15(13)10-22-17/h1-2,7-10,18,20,24H,3-6,11H2,(H,25,27)(H,22,23,26). The lowest BCUT2D eigenvalue weighted by Gasteiger charge is -2.27. The molecule has 31 heavy (non-hydrogen) atoms. The number of hydrogen-bond donors (Lipinski definition) is 3. The number of fused-ring (bicyclic) bond motifs is 4. The van der Waals surface area contributed by atoms with E-state index < -0.39 is 0 Å². The van der Waals surface area contributed by atoms with E-state index in [1.165, 1.54) is 5.56 Å². The normalized spacial score (nSPS) is 22.7. The van der Waals surface area contributed by atoms with Crippen molar-refractivity contribution >= 4 is 40.2 Å². The van der Waals surface area contributed by atoms with Gasteiger partial charge in [-0.15, -0.1) is 11.8 Å². The molecule has 2 unspecified atom stereocenters. The van der Waals surface area contributed by atoms with E-state index in [1.807, 2.05) is 23.1 Å². The van der Waals surface area contributed by atoms with Gasteiger partial charge in [-0.2, -0.15) is 5.10 Å². The molecule has 1 saturated heterocycles. The Balaban J connectivity index is 1.27. The number of benzene rings is 1. The summed E-state index contributed by atoms with van der Waals surface area (Å²) < 4.78 is 5.37. The SMILES string of the molecule is O=C(c1ccc2c(c1)SC1NCN=C(Nc3cc4cn[nH]c4cn3)C21)N1CCOCC1. The zero-order chi connectivity index (χ0) is 20.8. The molecule has 3 aromatic rings. The van der Waals surface area contributed by atoms with Crippen LogP contribution in [0.1, 0.15) is 21.8 Å². The third-order valence-electron chi connectivity index (χ3n) is 5.87. The second-order valence-electron chi connectivity index (χ2n) is 7.73. The van der Waals surface area contributed by atoms with Gasteiger partial charge in [0.1, 0.15) is 11.7 Å². The fourth-order valence-electron chi connectivity index (χ4n) is 4.27. The van der Waals surface area contributed by atoms with E-state index >= 15 is 0 Å². The molecule has 1 aromatic carbocycles. The lowest BCUT2D eigenvalue weighted by molar-refractivity contribution is 0.0302. The highest BCUT2D eigenvalue weighted by Gasteiger charge is 2.39. The van der Waals surface area contributed by atoms with Crippen LogP contribution in [0.5, 0.6) is 0 Å². The van der Waals surface area contributed by atoms with Crippen molar-refractivity contribution in [3.8, 4) is 0 Å². The average molecular weight is 436 g/mol. The van der Waals surface area contributed by atoms with E-state index in [4.69, 9.17) is 9.73 Å². The van der Waals surface area contributed by atoms with Crippen LogP contribution < -0.4 is 10.6 Å². The maximum absolute atomic E-state index is 12.9. The number of morpholine rings is 1. The molecule has 2 aromatic heterocycles. The first-order valence-corrected chi connectivity index (χ1v) is 11.2. The van der Waals surface area contributed by atoms with Crippen molar-refractivity contribution in [2.24, 2.45) is 4.99 Å². The quantitative estimate of drug-likeness (QED) is 0.565. The van der Waals surface area contributed by atoms with Gasteiger partial charge in [0, 0.05) is 28.9 Å². The van der Waals surface area contributed by atoms with Gasteiger partial charge in [-0.3, -0.25) is 20.2 Å². The summed E-state index contributed by atoms with van der Waals surface area (Å²) in [7, 11) is 0. The molecule has 0 saturated carbocycles. The Morgan fingerprint density at radius 3 is 3.03 bits per heavy atom. The number of amidine groups is 1. The minimum absolute atomic E-state index is 0.0687. The first-order chi connectivity index (χ1) is 15.3. The molecular weight excluding hydrogens is 414 g/mol. The average Bonchev–Trinajstić information content (AvgIpc) is 3.43. The number of rotatable bonds is 2. The number of nitrogens with zero attached hydrogens (tertiary/aromatic N) is 4. The molecule has 3 N–H and O–H groups in total. The van der Waals surface area contributed by atoms with Crippen molar-refractivity contribution in [2.75, 3.05) is 38.3 Å². The number of aromatic nitrogens is 3. The van der Waals surface area contributed by atoms with Gasteiger partial charge in [0.15, 0.2) is 0 Å². The molecule has 3 aliphatic heterocycles. The third-order valence-corrected chi connectivity index (χ3v) is 7.17. The number of hydrogen-bond acceptors (Lipinski definition) is 8. The number of nitrogens with one attached hydrogen (secondary N) is 3. The highest BCUT2D eigenvalue weighted by Crippen LogP contribution is 2.46.